The van der Waals surface area contributed by atoms with Crippen LogP contribution in [0.2, 0.25) is 0 Å². The number of fused-ring (bicyclic) bond motifs is 1. The van der Waals surface area contributed by atoms with Gasteiger partial charge in [-0.05, 0) is 74.4 Å². The van der Waals surface area contributed by atoms with Crippen LogP contribution in [0.3, 0.4) is 0 Å². The molecule has 1 amide bonds. The van der Waals surface area contributed by atoms with E-state index >= 15 is 0 Å². The fourth-order valence-electron chi connectivity index (χ4n) is 4.02. The molecule has 0 aliphatic heterocycles. The topological polar surface area (TPSA) is 38.8 Å². The molecular weight excluding hydrogens is 338 g/mol. The lowest BCUT2D eigenvalue weighted by molar-refractivity contribution is -0.137. The summed E-state index contributed by atoms with van der Waals surface area (Å²) in [6.45, 7) is 2.68. The van der Waals surface area contributed by atoms with Gasteiger partial charge in [0.05, 0.1) is 12.6 Å². The van der Waals surface area contributed by atoms with Gasteiger partial charge in [-0.15, -0.1) is 0 Å². The van der Waals surface area contributed by atoms with E-state index in [0.29, 0.717) is 18.4 Å². The first-order valence-corrected chi connectivity index (χ1v) is 10.0. The highest BCUT2D eigenvalue weighted by atomic mass is 16.5. The first-order chi connectivity index (χ1) is 13.3. The molecule has 0 aromatic heterocycles. The smallest absolute Gasteiger partial charge is 0.261 e. The number of amides is 1. The van der Waals surface area contributed by atoms with Gasteiger partial charge in [-0.1, -0.05) is 24.3 Å². The lowest BCUT2D eigenvalue weighted by Gasteiger charge is -2.36. The van der Waals surface area contributed by atoms with Crippen LogP contribution in [-0.2, 0) is 11.2 Å². The molecule has 142 valence electrons. The van der Waals surface area contributed by atoms with Gasteiger partial charge in [0.1, 0.15) is 11.5 Å². The zero-order valence-corrected chi connectivity index (χ0v) is 15.9. The summed E-state index contributed by atoms with van der Waals surface area (Å²) in [7, 11) is 0. The Morgan fingerprint density at radius 2 is 1.70 bits per heavy atom. The summed E-state index contributed by atoms with van der Waals surface area (Å²) in [5.74, 6) is 1.61. The van der Waals surface area contributed by atoms with Crippen molar-refractivity contribution >= 4 is 5.91 Å². The molecular formula is C23H27NO3. The van der Waals surface area contributed by atoms with E-state index in [9.17, 15) is 4.79 Å². The van der Waals surface area contributed by atoms with E-state index in [4.69, 9.17) is 9.47 Å². The quantitative estimate of drug-likeness (QED) is 0.723. The Morgan fingerprint density at radius 1 is 1.00 bits per heavy atom. The molecule has 1 atom stereocenters. The normalized spacial score (nSPS) is 18.5. The molecule has 0 spiro atoms. The van der Waals surface area contributed by atoms with Crippen LogP contribution >= 0.6 is 0 Å². The highest BCUT2D eigenvalue weighted by molar-refractivity contribution is 5.79. The number of nitrogens with zero attached hydrogens (tertiary/aromatic N) is 1. The maximum Gasteiger partial charge on any atom is 0.261 e. The Hall–Kier alpha value is -2.49. The predicted molar refractivity (Wildman–Crippen MR) is 105 cm³/mol. The molecule has 0 radical (unpaired) electrons. The molecule has 1 saturated carbocycles. The molecule has 0 bridgehead atoms. The molecule has 0 saturated heterocycles. The number of rotatable bonds is 7. The first kappa shape index (κ1) is 17.9. The summed E-state index contributed by atoms with van der Waals surface area (Å²) in [5.41, 5.74) is 2.71. The number of aryl methyl sites for hydroxylation is 1. The minimum atomic E-state index is 0.0865. The number of benzene rings is 2. The molecule has 0 N–H and O–H groups in total. The van der Waals surface area contributed by atoms with Crippen LogP contribution in [0.1, 0.15) is 49.8 Å². The summed E-state index contributed by atoms with van der Waals surface area (Å²) < 4.78 is 11.2. The Kier molecular flexibility index (Phi) is 5.33. The molecule has 1 fully saturated rings. The summed E-state index contributed by atoms with van der Waals surface area (Å²) in [4.78, 5) is 15.2. The second kappa shape index (κ2) is 8.03. The van der Waals surface area contributed by atoms with Crippen molar-refractivity contribution in [3.05, 3.63) is 59.7 Å². The average molecular weight is 365 g/mol. The maximum absolute atomic E-state index is 13.1. The molecule has 1 unspecified atom stereocenters. The first-order valence-electron chi connectivity index (χ1n) is 10.0. The molecule has 4 rings (SSSR count). The number of carbonyl (C=O) groups excluding carboxylic acids is 1. The molecule has 27 heavy (non-hydrogen) atoms. The largest absolute Gasteiger partial charge is 0.494 e. The maximum atomic E-state index is 13.1. The number of hydrogen-bond donors (Lipinski definition) is 0. The van der Waals surface area contributed by atoms with Gasteiger partial charge in [-0.25, -0.2) is 0 Å². The molecule has 4 nitrogen and oxygen atoms in total. The highest BCUT2D eigenvalue weighted by Gasteiger charge is 2.39. The number of ether oxygens (including phenoxy) is 2. The van der Waals surface area contributed by atoms with Crippen molar-refractivity contribution in [1.82, 2.24) is 4.90 Å². The van der Waals surface area contributed by atoms with Gasteiger partial charge in [-0.3, -0.25) is 4.79 Å². The second-order valence-corrected chi connectivity index (χ2v) is 7.33. The van der Waals surface area contributed by atoms with E-state index in [2.05, 4.69) is 29.2 Å². The zero-order valence-electron chi connectivity index (χ0n) is 15.9. The van der Waals surface area contributed by atoms with Crippen molar-refractivity contribution in [3.8, 4) is 11.5 Å². The predicted octanol–water partition coefficient (Wildman–Crippen LogP) is 4.53. The SMILES string of the molecule is CCOc1ccc(OCC(=O)N(C2CC2)C2CCCc3ccccc32)cc1. The minimum Gasteiger partial charge on any atom is -0.494 e. The van der Waals surface area contributed by atoms with E-state index < -0.39 is 0 Å². The number of hydrogen-bond acceptors (Lipinski definition) is 3. The van der Waals surface area contributed by atoms with Crippen molar-refractivity contribution in [1.29, 1.82) is 0 Å². The van der Waals surface area contributed by atoms with Crippen LogP contribution in [0.5, 0.6) is 11.5 Å². The van der Waals surface area contributed by atoms with Gasteiger partial charge < -0.3 is 14.4 Å². The van der Waals surface area contributed by atoms with Crippen molar-refractivity contribution in [2.45, 2.75) is 51.1 Å². The van der Waals surface area contributed by atoms with E-state index in [1.54, 1.807) is 0 Å². The molecule has 2 aliphatic carbocycles. The fourth-order valence-corrected chi connectivity index (χ4v) is 4.02. The Morgan fingerprint density at radius 3 is 2.41 bits per heavy atom. The Labute approximate surface area is 161 Å². The van der Waals surface area contributed by atoms with Crippen LogP contribution in [0.4, 0.5) is 0 Å². The van der Waals surface area contributed by atoms with Gasteiger partial charge in [0, 0.05) is 6.04 Å². The minimum absolute atomic E-state index is 0.0865. The molecule has 2 aromatic rings. The molecule has 4 heteroatoms. The molecule has 2 aliphatic rings. The van der Waals surface area contributed by atoms with E-state index in [1.165, 1.54) is 11.1 Å². The van der Waals surface area contributed by atoms with Crippen LogP contribution in [0, 0.1) is 0 Å². The average Bonchev–Trinajstić information content (AvgIpc) is 3.53. The number of carbonyl (C=O) groups is 1. The van der Waals surface area contributed by atoms with Crippen LogP contribution in [-0.4, -0.2) is 30.1 Å². The summed E-state index contributed by atoms with van der Waals surface area (Å²) in [5, 5.41) is 0. The van der Waals surface area contributed by atoms with Gasteiger partial charge in [0.15, 0.2) is 6.61 Å². The lowest BCUT2D eigenvalue weighted by Crippen LogP contribution is -2.41. The van der Waals surface area contributed by atoms with Crippen molar-refractivity contribution in [2.24, 2.45) is 0 Å². The monoisotopic (exact) mass is 365 g/mol. The van der Waals surface area contributed by atoms with Crippen LogP contribution in [0.25, 0.3) is 0 Å². The van der Waals surface area contributed by atoms with Crippen LogP contribution < -0.4 is 9.47 Å². The third-order valence-corrected chi connectivity index (χ3v) is 5.40. The van der Waals surface area contributed by atoms with Gasteiger partial charge in [-0.2, -0.15) is 0 Å². The second-order valence-electron chi connectivity index (χ2n) is 7.33. The van der Waals surface area contributed by atoms with E-state index in [0.717, 1.165) is 37.9 Å². The Balaban J connectivity index is 1.44. The molecule has 2 aromatic carbocycles. The van der Waals surface area contributed by atoms with E-state index in [1.807, 2.05) is 31.2 Å². The summed E-state index contributed by atoms with van der Waals surface area (Å²) in [6, 6.07) is 16.6. The van der Waals surface area contributed by atoms with Gasteiger partial charge >= 0.3 is 0 Å². The van der Waals surface area contributed by atoms with Crippen molar-refractivity contribution in [3.63, 3.8) is 0 Å². The summed E-state index contributed by atoms with van der Waals surface area (Å²) in [6.07, 6.45) is 5.50. The molecule has 0 heterocycles. The summed E-state index contributed by atoms with van der Waals surface area (Å²) >= 11 is 0. The van der Waals surface area contributed by atoms with Crippen molar-refractivity contribution < 1.29 is 14.3 Å². The van der Waals surface area contributed by atoms with E-state index in [-0.39, 0.29) is 18.6 Å². The lowest BCUT2D eigenvalue weighted by atomic mass is 9.86. The highest BCUT2D eigenvalue weighted by Crippen LogP contribution is 2.40. The van der Waals surface area contributed by atoms with Crippen molar-refractivity contribution in [2.75, 3.05) is 13.2 Å². The third-order valence-electron chi connectivity index (χ3n) is 5.40. The third kappa shape index (κ3) is 4.10. The Bertz CT molecular complexity index is 782. The van der Waals surface area contributed by atoms with Gasteiger partial charge in [0.2, 0.25) is 0 Å². The van der Waals surface area contributed by atoms with Crippen LogP contribution in [0.15, 0.2) is 48.5 Å². The fraction of sp³-hybridized carbons (Fsp3) is 0.435. The standard InChI is InChI=1S/C23H27NO3/c1-2-26-19-12-14-20(15-13-19)27-16-23(25)24(18-10-11-18)22-9-5-7-17-6-3-4-8-21(17)22/h3-4,6,8,12-15,18,22H,2,5,7,9-11,16H2,1H3. The van der Waals surface area contributed by atoms with Gasteiger partial charge in [0.25, 0.3) is 5.91 Å². The zero-order chi connectivity index (χ0) is 18.6.